The van der Waals surface area contributed by atoms with E-state index >= 15 is 0 Å². The van der Waals surface area contributed by atoms with Crippen LogP contribution in [0, 0.1) is 6.92 Å². The summed E-state index contributed by atoms with van der Waals surface area (Å²) in [5.41, 5.74) is 0.138. The molecule has 31 heavy (non-hydrogen) atoms. The molecule has 10 heteroatoms. The first-order valence-corrected chi connectivity index (χ1v) is 10.4. The molecule has 0 radical (unpaired) electrons. The van der Waals surface area contributed by atoms with Crippen molar-refractivity contribution in [3.05, 3.63) is 53.6 Å². The Hall–Kier alpha value is -2.68. The van der Waals surface area contributed by atoms with Crippen molar-refractivity contribution >= 4 is 17.0 Å². The molecule has 2 aromatic rings. The minimum absolute atomic E-state index is 0.0834. The number of ether oxygens (including phenoxy) is 3. The van der Waals surface area contributed by atoms with Gasteiger partial charge in [-0.05, 0) is 61.9 Å². The van der Waals surface area contributed by atoms with Crippen LogP contribution in [0.2, 0.25) is 0 Å². The fourth-order valence-electron chi connectivity index (χ4n) is 2.57. The van der Waals surface area contributed by atoms with Gasteiger partial charge in [-0.1, -0.05) is 0 Å². The zero-order valence-electron chi connectivity index (χ0n) is 17.2. The molecule has 2 aromatic carbocycles. The van der Waals surface area contributed by atoms with Gasteiger partial charge < -0.3 is 14.2 Å². The van der Waals surface area contributed by atoms with Crippen molar-refractivity contribution in [2.75, 3.05) is 26.1 Å². The summed E-state index contributed by atoms with van der Waals surface area (Å²) in [5.74, 6) is 1.22. The molecule has 0 amide bonds. The minimum Gasteiger partial charge on any atom is -0.496 e. The Kier molecular flexibility index (Phi) is 11.0. The van der Waals surface area contributed by atoms with E-state index in [0.717, 1.165) is 17.7 Å². The Morgan fingerprint density at radius 3 is 2.19 bits per heavy atom. The SMILES string of the molecule is CCO[C@H](COc1ccc(C(F)(F)F)cc1)CS(=O)c1ccc(OC)c(C)c1.O=C=O. The zero-order valence-corrected chi connectivity index (χ0v) is 18.0. The Morgan fingerprint density at radius 2 is 1.71 bits per heavy atom. The van der Waals surface area contributed by atoms with Gasteiger partial charge in [-0.25, -0.2) is 0 Å². The lowest BCUT2D eigenvalue weighted by atomic mass is 10.2. The maximum atomic E-state index is 12.7. The molecule has 0 heterocycles. The van der Waals surface area contributed by atoms with Gasteiger partial charge in [0.2, 0.25) is 0 Å². The highest BCUT2D eigenvalue weighted by molar-refractivity contribution is 7.85. The van der Waals surface area contributed by atoms with E-state index in [1.807, 2.05) is 13.8 Å². The van der Waals surface area contributed by atoms with Crippen LogP contribution in [0.5, 0.6) is 11.5 Å². The van der Waals surface area contributed by atoms with E-state index in [4.69, 9.17) is 23.8 Å². The Labute approximate surface area is 180 Å². The molecule has 1 unspecified atom stereocenters. The van der Waals surface area contributed by atoms with Crippen LogP contribution in [0.15, 0.2) is 47.4 Å². The molecule has 0 aliphatic carbocycles. The van der Waals surface area contributed by atoms with Crippen molar-refractivity contribution in [3.8, 4) is 11.5 Å². The number of methoxy groups -OCH3 is 1. The molecule has 0 fully saturated rings. The summed E-state index contributed by atoms with van der Waals surface area (Å²) in [7, 11) is 0.254. The van der Waals surface area contributed by atoms with Gasteiger partial charge in [-0.3, -0.25) is 4.21 Å². The zero-order chi connectivity index (χ0) is 23.4. The topological polar surface area (TPSA) is 78.9 Å². The van der Waals surface area contributed by atoms with E-state index in [1.54, 1.807) is 25.3 Å². The van der Waals surface area contributed by atoms with E-state index in [9.17, 15) is 17.4 Å². The van der Waals surface area contributed by atoms with Crippen molar-refractivity contribution in [3.63, 3.8) is 0 Å². The molecule has 0 aliphatic heterocycles. The smallest absolute Gasteiger partial charge is 0.416 e. The monoisotopic (exact) mass is 460 g/mol. The molecule has 0 bridgehead atoms. The molecule has 0 aliphatic rings. The van der Waals surface area contributed by atoms with Gasteiger partial charge in [0, 0.05) is 11.5 Å². The maximum absolute atomic E-state index is 12.7. The maximum Gasteiger partial charge on any atom is 0.416 e. The number of carbonyl (C=O) groups excluding carboxylic acids is 2. The molecular weight excluding hydrogens is 437 g/mol. The Balaban J connectivity index is 0.00000151. The van der Waals surface area contributed by atoms with Crippen LogP contribution in [0.3, 0.4) is 0 Å². The van der Waals surface area contributed by atoms with E-state index in [-0.39, 0.29) is 18.5 Å². The summed E-state index contributed by atoms with van der Waals surface area (Å²) in [6.07, 6.45) is -4.60. The van der Waals surface area contributed by atoms with Crippen LogP contribution >= 0.6 is 0 Å². The molecule has 0 saturated carbocycles. The fraction of sp³-hybridized carbons (Fsp3) is 0.381. The first kappa shape index (κ1) is 26.4. The largest absolute Gasteiger partial charge is 0.496 e. The number of aryl methyl sites for hydroxylation is 1. The predicted molar refractivity (Wildman–Crippen MR) is 106 cm³/mol. The van der Waals surface area contributed by atoms with E-state index in [2.05, 4.69) is 0 Å². The van der Waals surface area contributed by atoms with Crippen LogP contribution in [-0.2, 0) is 31.3 Å². The van der Waals surface area contributed by atoms with Crippen LogP contribution in [0.25, 0.3) is 0 Å². The van der Waals surface area contributed by atoms with Crippen LogP contribution < -0.4 is 9.47 Å². The van der Waals surface area contributed by atoms with Gasteiger partial charge in [0.05, 0.1) is 29.2 Å². The summed E-state index contributed by atoms with van der Waals surface area (Å²) >= 11 is 0. The number of hydrogen-bond donors (Lipinski definition) is 0. The molecule has 0 aromatic heterocycles. The fourth-order valence-corrected chi connectivity index (χ4v) is 3.82. The highest BCUT2D eigenvalue weighted by Crippen LogP contribution is 2.30. The lowest BCUT2D eigenvalue weighted by Crippen LogP contribution is -2.28. The summed E-state index contributed by atoms with van der Waals surface area (Å²) in [5, 5.41) is 0. The summed E-state index contributed by atoms with van der Waals surface area (Å²) < 4.78 is 66.8. The molecule has 6 nitrogen and oxygen atoms in total. The third-order valence-corrected chi connectivity index (χ3v) is 5.44. The minimum atomic E-state index is -4.39. The number of rotatable bonds is 9. The van der Waals surface area contributed by atoms with Gasteiger partial charge in [0.15, 0.2) is 0 Å². The predicted octanol–water partition coefficient (Wildman–Crippen LogP) is 4.03. The van der Waals surface area contributed by atoms with Crippen molar-refractivity contribution in [1.29, 1.82) is 0 Å². The van der Waals surface area contributed by atoms with Crippen molar-refractivity contribution in [1.82, 2.24) is 0 Å². The normalized spacial score (nSPS) is 12.7. The second-order valence-electron chi connectivity index (χ2n) is 6.14. The second-order valence-corrected chi connectivity index (χ2v) is 7.63. The lowest BCUT2D eigenvalue weighted by molar-refractivity contribution is -0.191. The molecule has 2 rings (SSSR count). The van der Waals surface area contributed by atoms with Crippen molar-refractivity contribution in [2.24, 2.45) is 0 Å². The highest BCUT2D eigenvalue weighted by atomic mass is 32.2. The van der Waals surface area contributed by atoms with E-state index < -0.39 is 28.6 Å². The molecule has 170 valence electrons. The summed E-state index contributed by atoms with van der Waals surface area (Å²) in [4.78, 5) is 16.9. The summed E-state index contributed by atoms with van der Waals surface area (Å²) in [6.45, 7) is 4.17. The third kappa shape index (κ3) is 8.92. The standard InChI is InChI=1S/C20H23F3O4S.CO2/c1-4-26-17(12-27-16-7-5-15(6-8-16)20(21,22)23)13-28(24)18-9-10-19(25-3)14(2)11-18;2-1-3/h5-11,17H,4,12-13H2,1-3H3;/t17-,28?;/m1./s1. The molecule has 2 atom stereocenters. The number of halogens is 3. The van der Waals surface area contributed by atoms with Crippen LogP contribution in [-0.4, -0.2) is 42.5 Å². The average molecular weight is 460 g/mol. The van der Waals surface area contributed by atoms with Crippen LogP contribution in [0.4, 0.5) is 13.2 Å². The third-order valence-electron chi connectivity index (χ3n) is 3.99. The van der Waals surface area contributed by atoms with Gasteiger partial charge in [-0.15, -0.1) is 0 Å². The number of hydrogen-bond acceptors (Lipinski definition) is 6. The van der Waals surface area contributed by atoms with Gasteiger partial charge in [-0.2, -0.15) is 22.8 Å². The summed E-state index contributed by atoms with van der Waals surface area (Å²) in [6, 6.07) is 9.74. The molecule has 0 N–H and O–H groups in total. The Bertz CT molecular complexity index is 878. The van der Waals surface area contributed by atoms with E-state index in [1.165, 1.54) is 12.1 Å². The number of alkyl halides is 3. The Morgan fingerprint density at radius 1 is 1.10 bits per heavy atom. The van der Waals surface area contributed by atoms with Gasteiger partial charge in [0.25, 0.3) is 0 Å². The van der Waals surface area contributed by atoms with Gasteiger partial charge >= 0.3 is 12.3 Å². The quantitative estimate of drug-likeness (QED) is 0.562. The highest BCUT2D eigenvalue weighted by Gasteiger charge is 2.30. The average Bonchev–Trinajstić information content (AvgIpc) is 2.72. The van der Waals surface area contributed by atoms with Crippen molar-refractivity contribution in [2.45, 2.75) is 31.0 Å². The number of benzene rings is 2. The van der Waals surface area contributed by atoms with Gasteiger partial charge in [0.1, 0.15) is 24.2 Å². The first-order chi connectivity index (χ1) is 14.7. The first-order valence-electron chi connectivity index (χ1n) is 9.10. The molecular formula is C21H23F3O6S. The molecule has 0 saturated heterocycles. The second kappa shape index (κ2) is 12.9. The van der Waals surface area contributed by atoms with Crippen LogP contribution in [0.1, 0.15) is 18.1 Å². The lowest BCUT2D eigenvalue weighted by Gasteiger charge is -2.18. The molecule has 0 spiro atoms. The van der Waals surface area contributed by atoms with E-state index in [0.29, 0.717) is 23.0 Å². The van der Waals surface area contributed by atoms with Crippen molar-refractivity contribution < 1.29 is 41.2 Å².